The van der Waals surface area contributed by atoms with Crippen LogP contribution in [0.3, 0.4) is 0 Å². The van der Waals surface area contributed by atoms with Crippen LogP contribution >= 0.6 is 0 Å². The minimum atomic E-state index is 0.152. The van der Waals surface area contributed by atoms with Crippen molar-refractivity contribution < 1.29 is 5.11 Å². The number of rotatable bonds is 1. The van der Waals surface area contributed by atoms with Gasteiger partial charge in [-0.05, 0) is 30.0 Å². The van der Waals surface area contributed by atoms with Crippen LogP contribution in [-0.2, 0) is 19.6 Å². The topological polar surface area (TPSA) is 32.3 Å². The van der Waals surface area contributed by atoms with E-state index in [4.69, 9.17) is 5.11 Å². The molecule has 2 nitrogen and oxygen atoms in total. The number of aliphatic hydroxyl groups is 1. The van der Waals surface area contributed by atoms with Crippen LogP contribution in [0, 0.1) is 0 Å². The summed E-state index contributed by atoms with van der Waals surface area (Å²) in [7, 11) is 0. The van der Waals surface area contributed by atoms with E-state index in [9.17, 15) is 0 Å². The molecule has 0 amide bonds. The summed E-state index contributed by atoms with van der Waals surface area (Å²) in [5.74, 6) is 0. The number of nitrogens with one attached hydrogen (secondary N) is 1. The molecule has 0 aliphatic carbocycles. The molecule has 1 heterocycles. The summed E-state index contributed by atoms with van der Waals surface area (Å²) in [4.78, 5) is 0. The van der Waals surface area contributed by atoms with Gasteiger partial charge in [0.15, 0.2) is 0 Å². The van der Waals surface area contributed by atoms with Crippen LogP contribution in [0.5, 0.6) is 0 Å². The first-order valence-electron chi connectivity index (χ1n) is 4.75. The van der Waals surface area contributed by atoms with Gasteiger partial charge in [-0.2, -0.15) is 0 Å². The maximum absolute atomic E-state index is 9.13. The Labute approximate surface area is 78.6 Å². The summed E-state index contributed by atoms with van der Waals surface area (Å²) in [5, 5.41) is 12.5. The number of hydrogen-bond donors (Lipinski definition) is 2. The average Bonchev–Trinajstić information content (AvgIpc) is 2.16. The fourth-order valence-electron chi connectivity index (χ4n) is 1.93. The van der Waals surface area contributed by atoms with Crippen molar-refractivity contribution in [1.29, 1.82) is 0 Å². The Morgan fingerprint density at radius 1 is 1.54 bits per heavy atom. The number of fused-ring (bicyclic) bond motifs is 1. The normalized spacial score (nSPS) is 21.2. The Hall–Kier alpha value is -0.860. The fourth-order valence-corrected chi connectivity index (χ4v) is 1.93. The van der Waals surface area contributed by atoms with Gasteiger partial charge in [-0.1, -0.05) is 18.2 Å². The van der Waals surface area contributed by atoms with E-state index in [1.807, 2.05) is 12.1 Å². The molecule has 2 rings (SSSR count). The summed E-state index contributed by atoms with van der Waals surface area (Å²) < 4.78 is 0. The highest BCUT2D eigenvalue weighted by atomic mass is 16.3. The monoisotopic (exact) mass is 177 g/mol. The molecule has 0 unspecified atom stereocenters. The minimum Gasteiger partial charge on any atom is -0.392 e. The zero-order valence-electron chi connectivity index (χ0n) is 7.88. The van der Waals surface area contributed by atoms with Crippen molar-refractivity contribution in [2.75, 3.05) is 0 Å². The van der Waals surface area contributed by atoms with E-state index in [0.717, 1.165) is 18.5 Å². The van der Waals surface area contributed by atoms with E-state index in [-0.39, 0.29) is 6.61 Å². The SMILES string of the molecule is C[C@H]1Cc2cccc(CO)c2CN1. The molecule has 0 radical (unpaired) electrons. The van der Waals surface area contributed by atoms with Crippen molar-refractivity contribution in [3.63, 3.8) is 0 Å². The highest BCUT2D eigenvalue weighted by molar-refractivity contribution is 5.36. The fraction of sp³-hybridized carbons (Fsp3) is 0.455. The maximum atomic E-state index is 9.13. The Kier molecular flexibility index (Phi) is 2.34. The molecule has 0 saturated carbocycles. The second kappa shape index (κ2) is 3.48. The molecule has 0 aromatic heterocycles. The molecular weight excluding hydrogens is 162 g/mol. The smallest absolute Gasteiger partial charge is 0.0685 e. The van der Waals surface area contributed by atoms with E-state index in [1.165, 1.54) is 11.1 Å². The van der Waals surface area contributed by atoms with Crippen molar-refractivity contribution in [3.8, 4) is 0 Å². The molecule has 1 aliphatic heterocycles. The molecule has 2 N–H and O–H groups in total. The summed E-state index contributed by atoms with van der Waals surface area (Å²) >= 11 is 0. The summed E-state index contributed by atoms with van der Waals surface area (Å²) in [6, 6.07) is 6.74. The molecule has 0 saturated heterocycles. The molecular formula is C11H15NO. The van der Waals surface area contributed by atoms with E-state index >= 15 is 0 Å². The average molecular weight is 177 g/mol. The van der Waals surface area contributed by atoms with Gasteiger partial charge in [-0.15, -0.1) is 0 Å². The van der Waals surface area contributed by atoms with Crippen molar-refractivity contribution in [3.05, 3.63) is 34.9 Å². The summed E-state index contributed by atoms with van der Waals surface area (Å²) in [5.41, 5.74) is 3.75. The summed E-state index contributed by atoms with van der Waals surface area (Å²) in [6.45, 7) is 3.24. The largest absolute Gasteiger partial charge is 0.392 e. The van der Waals surface area contributed by atoms with E-state index in [2.05, 4.69) is 18.3 Å². The van der Waals surface area contributed by atoms with Gasteiger partial charge >= 0.3 is 0 Å². The second-order valence-electron chi connectivity index (χ2n) is 3.70. The Balaban J connectivity index is 2.39. The van der Waals surface area contributed by atoms with Crippen LogP contribution in [-0.4, -0.2) is 11.1 Å². The zero-order chi connectivity index (χ0) is 9.26. The number of benzene rings is 1. The Morgan fingerprint density at radius 2 is 2.38 bits per heavy atom. The molecule has 1 aliphatic rings. The van der Waals surface area contributed by atoms with Crippen LogP contribution in [0.4, 0.5) is 0 Å². The summed E-state index contributed by atoms with van der Waals surface area (Å²) in [6.07, 6.45) is 1.07. The molecule has 70 valence electrons. The molecule has 1 aromatic carbocycles. The van der Waals surface area contributed by atoms with Crippen molar-refractivity contribution in [1.82, 2.24) is 5.32 Å². The van der Waals surface area contributed by atoms with Crippen molar-refractivity contribution in [2.24, 2.45) is 0 Å². The van der Waals surface area contributed by atoms with Crippen LogP contribution in [0.15, 0.2) is 18.2 Å². The second-order valence-corrected chi connectivity index (χ2v) is 3.70. The van der Waals surface area contributed by atoms with Crippen LogP contribution in [0.2, 0.25) is 0 Å². The molecule has 1 aromatic rings. The third kappa shape index (κ3) is 1.60. The van der Waals surface area contributed by atoms with Crippen LogP contribution < -0.4 is 5.32 Å². The van der Waals surface area contributed by atoms with Crippen LogP contribution in [0.25, 0.3) is 0 Å². The lowest BCUT2D eigenvalue weighted by Gasteiger charge is -2.24. The third-order valence-corrected chi connectivity index (χ3v) is 2.69. The van der Waals surface area contributed by atoms with Crippen molar-refractivity contribution >= 4 is 0 Å². The predicted molar refractivity (Wildman–Crippen MR) is 52.4 cm³/mol. The highest BCUT2D eigenvalue weighted by Crippen LogP contribution is 2.20. The van der Waals surface area contributed by atoms with Gasteiger partial charge in [0.1, 0.15) is 0 Å². The highest BCUT2D eigenvalue weighted by Gasteiger charge is 2.15. The quantitative estimate of drug-likeness (QED) is 0.676. The lowest BCUT2D eigenvalue weighted by atomic mass is 9.93. The molecule has 13 heavy (non-hydrogen) atoms. The van der Waals surface area contributed by atoms with Gasteiger partial charge in [0.25, 0.3) is 0 Å². The van der Waals surface area contributed by atoms with Gasteiger partial charge in [0.05, 0.1) is 6.61 Å². The first kappa shape index (κ1) is 8.73. The van der Waals surface area contributed by atoms with Gasteiger partial charge < -0.3 is 10.4 Å². The maximum Gasteiger partial charge on any atom is 0.0685 e. The first-order valence-corrected chi connectivity index (χ1v) is 4.75. The Morgan fingerprint density at radius 3 is 3.15 bits per heavy atom. The molecule has 0 spiro atoms. The standard InChI is InChI=1S/C11H15NO/c1-8-5-9-3-2-4-10(7-13)11(9)6-12-8/h2-4,8,12-13H,5-7H2,1H3/t8-/m0/s1. The zero-order valence-corrected chi connectivity index (χ0v) is 7.88. The Bertz CT molecular complexity index is 309. The van der Waals surface area contributed by atoms with Gasteiger partial charge in [0, 0.05) is 12.6 Å². The lowest BCUT2D eigenvalue weighted by Crippen LogP contribution is -2.33. The lowest BCUT2D eigenvalue weighted by molar-refractivity contribution is 0.279. The molecule has 2 heteroatoms. The van der Waals surface area contributed by atoms with E-state index in [1.54, 1.807) is 0 Å². The van der Waals surface area contributed by atoms with E-state index < -0.39 is 0 Å². The predicted octanol–water partition coefficient (Wildman–Crippen LogP) is 1.21. The van der Waals surface area contributed by atoms with Gasteiger partial charge in [-0.25, -0.2) is 0 Å². The van der Waals surface area contributed by atoms with Gasteiger partial charge in [-0.3, -0.25) is 0 Å². The number of aliphatic hydroxyl groups excluding tert-OH is 1. The van der Waals surface area contributed by atoms with E-state index in [0.29, 0.717) is 6.04 Å². The first-order chi connectivity index (χ1) is 6.31. The van der Waals surface area contributed by atoms with Gasteiger partial charge in [0.2, 0.25) is 0 Å². The minimum absolute atomic E-state index is 0.152. The van der Waals surface area contributed by atoms with Crippen molar-refractivity contribution in [2.45, 2.75) is 32.5 Å². The molecule has 0 bridgehead atoms. The van der Waals surface area contributed by atoms with Crippen LogP contribution in [0.1, 0.15) is 23.6 Å². The number of hydrogen-bond acceptors (Lipinski definition) is 2. The molecule has 0 fully saturated rings. The third-order valence-electron chi connectivity index (χ3n) is 2.69. The molecule has 1 atom stereocenters.